The van der Waals surface area contributed by atoms with Gasteiger partial charge in [-0.1, -0.05) is 41.0 Å². The summed E-state index contributed by atoms with van der Waals surface area (Å²) in [4.78, 5) is 8.45. The Kier molecular flexibility index (Phi) is 7.04. The summed E-state index contributed by atoms with van der Waals surface area (Å²) >= 11 is 14.2. The predicted molar refractivity (Wildman–Crippen MR) is 135 cm³/mol. The minimum Gasteiger partial charge on any atom is -0.491 e. The van der Waals surface area contributed by atoms with Gasteiger partial charge in [0, 0.05) is 23.2 Å². The Morgan fingerprint density at radius 3 is 2.71 bits per heavy atom. The number of aromatic nitrogens is 5. The first kappa shape index (κ1) is 24.1. The molecule has 2 aromatic carbocycles. The minimum atomic E-state index is -1.14. The second-order valence-corrected chi connectivity index (χ2v) is 9.66. The molecule has 1 aliphatic rings. The molecule has 182 valence electrons. The van der Waals surface area contributed by atoms with Crippen LogP contribution in [0.1, 0.15) is 5.56 Å². The highest BCUT2D eigenvalue weighted by Gasteiger charge is 2.45. The van der Waals surface area contributed by atoms with Crippen molar-refractivity contribution in [1.82, 2.24) is 24.3 Å². The van der Waals surface area contributed by atoms with E-state index in [1.165, 1.54) is 6.33 Å². The molecule has 0 saturated carbocycles. The Hall–Kier alpha value is -2.56. The van der Waals surface area contributed by atoms with Gasteiger partial charge >= 0.3 is 0 Å². The largest absolute Gasteiger partial charge is 0.491 e. The van der Waals surface area contributed by atoms with Crippen LogP contribution in [0.5, 0.6) is 5.75 Å². The summed E-state index contributed by atoms with van der Waals surface area (Å²) in [5.74, 6) is -0.398. The van der Waals surface area contributed by atoms with Crippen molar-refractivity contribution in [2.75, 3.05) is 19.5 Å². The van der Waals surface area contributed by atoms with Crippen molar-refractivity contribution in [1.29, 1.82) is 0 Å². The van der Waals surface area contributed by atoms with Crippen LogP contribution in [-0.2, 0) is 28.9 Å². The van der Waals surface area contributed by atoms with Crippen LogP contribution in [0.2, 0.25) is 10.0 Å². The molecule has 1 saturated heterocycles. The van der Waals surface area contributed by atoms with Crippen molar-refractivity contribution >= 4 is 35.0 Å². The monoisotopic (exact) mass is 531 g/mol. The Morgan fingerprint density at radius 1 is 1.20 bits per heavy atom. The first-order valence-electron chi connectivity index (χ1n) is 10.9. The molecule has 11 heteroatoms. The zero-order valence-electron chi connectivity index (χ0n) is 19.1. The minimum absolute atomic E-state index is 0.280. The topological polar surface area (TPSA) is 76.2 Å². The quantitative estimate of drug-likeness (QED) is 0.294. The second-order valence-electron chi connectivity index (χ2n) is 8.05. The normalized spacial score (nSPS) is 19.8. The average molecular weight is 532 g/mol. The van der Waals surface area contributed by atoms with Crippen molar-refractivity contribution in [3.63, 3.8) is 0 Å². The van der Waals surface area contributed by atoms with E-state index in [-0.39, 0.29) is 12.6 Å². The fraction of sp³-hybridized carbons (Fsp3) is 0.292. The van der Waals surface area contributed by atoms with Crippen LogP contribution < -0.4 is 4.74 Å². The molecule has 35 heavy (non-hydrogen) atoms. The van der Waals surface area contributed by atoms with Gasteiger partial charge in [0.25, 0.3) is 0 Å². The molecule has 2 unspecified atom stereocenters. The third kappa shape index (κ3) is 5.05. The van der Waals surface area contributed by atoms with Gasteiger partial charge in [-0.2, -0.15) is 5.10 Å². The Bertz CT molecular complexity index is 1300. The molecular weight excluding hydrogens is 509 g/mol. The van der Waals surface area contributed by atoms with E-state index in [0.29, 0.717) is 28.8 Å². The molecule has 5 rings (SSSR count). The van der Waals surface area contributed by atoms with E-state index >= 15 is 0 Å². The average Bonchev–Trinajstić information content (AvgIpc) is 3.59. The molecule has 8 nitrogen and oxygen atoms in total. The molecule has 0 radical (unpaired) electrons. The van der Waals surface area contributed by atoms with Crippen molar-refractivity contribution < 1.29 is 14.2 Å². The SMILES string of the molecule is CSc1ncc(-c2ccc(OCC3COC(Cn4cncn4)(c4ccc(Cl)cc4Cl)O3)cc2)n1C. The Morgan fingerprint density at radius 2 is 2.03 bits per heavy atom. The molecule has 1 aliphatic heterocycles. The van der Waals surface area contributed by atoms with Gasteiger partial charge in [0.1, 0.15) is 37.7 Å². The first-order chi connectivity index (χ1) is 17.0. The van der Waals surface area contributed by atoms with E-state index < -0.39 is 5.79 Å². The summed E-state index contributed by atoms with van der Waals surface area (Å²) in [5.41, 5.74) is 2.79. The number of hydrogen-bond donors (Lipinski definition) is 0. The molecule has 4 aromatic rings. The van der Waals surface area contributed by atoms with Gasteiger partial charge < -0.3 is 18.8 Å². The summed E-state index contributed by atoms with van der Waals surface area (Å²) in [6.07, 6.45) is 6.64. The van der Waals surface area contributed by atoms with E-state index in [1.807, 2.05) is 49.8 Å². The fourth-order valence-electron chi connectivity index (χ4n) is 4.04. The lowest BCUT2D eigenvalue weighted by atomic mass is 10.1. The third-order valence-corrected chi connectivity index (χ3v) is 7.04. The van der Waals surface area contributed by atoms with Crippen LogP contribution in [-0.4, -0.2) is 49.9 Å². The number of halogens is 2. The summed E-state index contributed by atoms with van der Waals surface area (Å²) in [6, 6.07) is 13.2. The van der Waals surface area contributed by atoms with Gasteiger partial charge in [-0.25, -0.2) is 14.6 Å². The number of thioether (sulfide) groups is 1. The molecule has 3 heterocycles. The van der Waals surface area contributed by atoms with E-state index in [1.54, 1.807) is 34.9 Å². The number of nitrogens with zero attached hydrogens (tertiary/aromatic N) is 5. The van der Waals surface area contributed by atoms with E-state index in [0.717, 1.165) is 22.2 Å². The van der Waals surface area contributed by atoms with Crippen LogP contribution in [0.4, 0.5) is 0 Å². The fourth-order valence-corrected chi connectivity index (χ4v) is 5.13. The van der Waals surface area contributed by atoms with Gasteiger partial charge in [-0.15, -0.1) is 0 Å². The highest BCUT2D eigenvalue weighted by atomic mass is 35.5. The zero-order chi connectivity index (χ0) is 24.4. The van der Waals surface area contributed by atoms with Crippen molar-refractivity contribution in [3.05, 3.63) is 76.9 Å². The van der Waals surface area contributed by atoms with Crippen molar-refractivity contribution in [3.8, 4) is 17.0 Å². The van der Waals surface area contributed by atoms with E-state index in [4.69, 9.17) is 37.4 Å². The molecule has 0 bridgehead atoms. The number of benzene rings is 2. The third-order valence-electron chi connectivity index (χ3n) is 5.75. The number of hydrogen-bond acceptors (Lipinski definition) is 7. The van der Waals surface area contributed by atoms with Gasteiger partial charge in [-0.05, 0) is 42.7 Å². The summed E-state index contributed by atoms with van der Waals surface area (Å²) in [6.45, 7) is 0.923. The maximum Gasteiger partial charge on any atom is 0.217 e. The van der Waals surface area contributed by atoms with Gasteiger partial charge in [0.2, 0.25) is 5.79 Å². The molecule has 0 amide bonds. The number of imidazole rings is 1. The first-order valence-corrected chi connectivity index (χ1v) is 12.8. The highest BCUT2D eigenvalue weighted by molar-refractivity contribution is 7.98. The van der Waals surface area contributed by atoms with Crippen molar-refractivity contribution in [2.24, 2.45) is 7.05 Å². The van der Waals surface area contributed by atoms with Crippen LogP contribution in [0.25, 0.3) is 11.3 Å². The van der Waals surface area contributed by atoms with Gasteiger partial charge in [0.15, 0.2) is 5.16 Å². The van der Waals surface area contributed by atoms with Crippen LogP contribution >= 0.6 is 35.0 Å². The number of rotatable bonds is 8. The molecule has 0 aliphatic carbocycles. The zero-order valence-corrected chi connectivity index (χ0v) is 21.4. The summed E-state index contributed by atoms with van der Waals surface area (Å²) < 4.78 is 22.3. The van der Waals surface area contributed by atoms with Crippen LogP contribution in [0, 0.1) is 0 Å². The Labute approximate surface area is 217 Å². The summed E-state index contributed by atoms with van der Waals surface area (Å²) in [7, 11) is 2.01. The lowest BCUT2D eigenvalue weighted by Gasteiger charge is -2.29. The van der Waals surface area contributed by atoms with E-state index in [2.05, 4.69) is 19.6 Å². The maximum atomic E-state index is 6.52. The molecule has 0 N–H and O–H groups in total. The second kappa shape index (κ2) is 10.2. The lowest BCUT2D eigenvalue weighted by Crippen LogP contribution is -2.35. The molecule has 1 fully saturated rings. The molecular formula is C24H23Cl2N5O3S. The van der Waals surface area contributed by atoms with Gasteiger partial charge in [-0.3, -0.25) is 0 Å². The standard InChI is InChI=1S/C24H23Cl2N5O3S/c1-30-22(10-28-23(30)35-2)16-3-6-18(7-4-16)32-11-19-12-33-24(34-19,13-31-15-27-14-29-31)20-8-5-17(25)9-21(20)26/h3-10,14-15,19H,11-13H2,1-2H3. The number of ether oxygens (including phenoxy) is 3. The van der Waals surface area contributed by atoms with Crippen LogP contribution in [0.15, 0.2) is 66.5 Å². The molecule has 2 aromatic heterocycles. The van der Waals surface area contributed by atoms with Crippen LogP contribution in [0.3, 0.4) is 0 Å². The van der Waals surface area contributed by atoms with Gasteiger partial charge in [0.05, 0.1) is 23.5 Å². The Balaban J connectivity index is 1.28. The highest BCUT2D eigenvalue weighted by Crippen LogP contribution is 2.40. The lowest BCUT2D eigenvalue weighted by molar-refractivity contribution is -0.190. The molecule has 0 spiro atoms. The summed E-state index contributed by atoms with van der Waals surface area (Å²) in [5, 5.41) is 6.15. The molecule has 2 atom stereocenters. The predicted octanol–water partition coefficient (Wildman–Crippen LogP) is 5.05. The maximum absolute atomic E-state index is 6.52. The smallest absolute Gasteiger partial charge is 0.217 e. The van der Waals surface area contributed by atoms with Crippen molar-refractivity contribution in [2.45, 2.75) is 23.6 Å². The van der Waals surface area contributed by atoms with E-state index in [9.17, 15) is 0 Å².